The molecule has 5 nitrogen and oxygen atoms in total. The van der Waals surface area contributed by atoms with Crippen LogP contribution in [0, 0.1) is 0 Å². The van der Waals surface area contributed by atoms with Crippen LogP contribution in [-0.2, 0) is 0 Å². The van der Waals surface area contributed by atoms with E-state index >= 15 is 0 Å². The summed E-state index contributed by atoms with van der Waals surface area (Å²) in [5, 5.41) is 0. The van der Waals surface area contributed by atoms with Gasteiger partial charge < -0.3 is 10.7 Å². The second kappa shape index (κ2) is 5.53. The molecule has 2 rings (SSSR count). The summed E-state index contributed by atoms with van der Waals surface area (Å²) in [5.41, 5.74) is 6.77. The Morgan fingerprint density at radius 3 is 2.79 bits per heavy atom. The Hall–Kier alpha value is -1.18. The number of H-pyrrole nitrogens is 1. The minimum atomic E-state index is 0.409. The molecule has 0 bridgehead atoms. The Kier molecular flexibility index (Phi) is 4.30. The van der Waals surface area contributed by atoms with Crippen molar-refractivity contribution in [1.29, 1.82) is 0 Å². The van der Waals surface area contributed by atoms with Crippen molar-refractivity contribution in [2.45, 2.75) is 0 Å². The number of anilines is 1. The molecule has 6 heteroatoms. The summed E-state index contributed by atoms with van der Waals surface area (Å²) in [6.45, 7) is 3.47. The first-order valence-corrected chi connectivity index (χ1v) is 5.38. The van der Waals surface area contributed by atoms with Crippen LogP contribution in [-0.4, -0.2) is 24.4 Å². The van der Waals surface area contributed by atoms with Crippen molar-refractivity contribution in [3.8, 4) is 0 Å². The molecule has 0 aliphatic rings. The molecule has 0 aliphatic heterocycles. The number of allylic oxidation sites excluding steroid dienone is 1. The lowest BCUT2D eigenvalue weighted by Crippen LogP contribution is -1.91. The number of hydrogen-bond donors (Lipinski definition) is 2. The summed E-state index contributed by atoms with van der Waals surface area (Å²) < 4.78 is 1.05. The van der Waals surface area contributed by atoms with Crippen LogP contribution in [0.25, 0.3) is 11.2 Å². The highest BCUT2D eigenvalue weighted by Gasteiger charge is 1.99. The van der Waals surface area contributed by atoms with Gasteiger partial charge in [0.1, 0.15) is 11.8 Å². The van der Waals surface area contributed by atoms with Gasteiger partial charge in [0.25, 0.3) is 0 Å². The van der Waals surface area contributed by atoms with Gasteiger partial charge in [-0.2, -0.15) is 0 Å². The zero-order valence-corrected chi connectivity index (χ0v) is 9.60. The molecule has 0 aromatic carbocycles. The number of aromatic amines is 1. The second-order valence-electron chi connectivity index (χ2n) is 2.30. The van der Waals surface area contributed by atoms with Gasteiger partial charge in [-0.3, -0.25) is 0 Å². The zero-order valence-electron chi connectivity index (χ0n) is 7.44. The fourth-order valence-corrected chi connectivity index (χ4v) is 0.783. The predicted molar refractivity (Wildman–Crippen MR) is 65.2 cm³/mol. The maximum Gasteiger partial charge on any atom is 0.162 e. The normalized spacial score (nSPS) is 9.21. The molecule has 74 valence electrons. The van der Waals surface area contributed by atoms with Crippen LogP contribution in [0.5, 0.6) is 0 Å². The zero-order chi connectivity index (χ0) is 10.4. The van der Waals surface area contributed by atoms with Gasteiger partial charge in [0.15, 0.2) is 11.5 Å². The van der Waals surface area contributed by atoms with Crippen LogP contribution in [0.1, 0.15) is 0 Å². The lowest BCUT2D eigenvalue weighted by Gasteiger charge is -1.88. The van der Waals surface area contributed by atoms with Crippen molar-refractivity contribution in [2.75, 3.05) is 10.2 Å². The highest BCUT2D eigenvalue weighted by atomic mass is 127. The van der Waals surface area contributed by atoms with E-state index in [2.05, 4.69) is 49.1 Å². The van der Waals surface area contributed by atoms with Crippen molar-refractivity contribution >= 4 is 39.6 Å². The Labute approximate surface area is 95.0 Å². The number of fused-ring (bicyclic) bond motifs is 1. The van der Waals surface area contributed by atoms with E-state index in [1.54, 1.807) is 0 Å². The van der Waals surface area contributed by atoms with E-state index in [4.69, 9.17) is 5.73 Å². The molecular formula is C8H10IN5. The van der Waals surface area contributed by atoms with E-state index in [-0.39, 0.29) is 0 Å². The number of imidazole rings is 1. The maximum absolute atomic E-state index is 5.47. The van der Waals surface area contributed by atoms with E-state index in [0.29, 0.717) is 17.0 Å². The lowest BCUT2D eigenvalue weighted by molar-refractivity contribution is 1.21. The molecule has 0 saturated heterocycles. The van der Waals surface area contributed by atoms with E-state index < -0.39 is 0 Å². The third kappa shape index (κ3) is 2.66. The first-order valence-electron chi connectivity index (χ1n) is 3.86. The Bertz CT molecular complexity index is 411. The molecule has 0 atom stereocenters. The summed E-state index contributed by atoms with van der Waals surface area (Å²) in [4.78, 5) is 14.4. The lowest BCUT2D eigenvalue weighted by atomic mass is 10.5. The topological polar surface area (TPSA) is 80.5 Å². The van der Waals surface area contributed by atoms with Crippen molar-refractivity contribution in [3.63, 3.8) is 0 Å². The molecule has 0 amide bonds. The van der Waals surface area contributed by atoms with E-state index in [9.17, 15) is 0 Å². The average Bonchev–Trinajstić information content (AvgIpc) is 2.68. The number of nitrogens with two attached hydrogens (primary N) is 1. The van der Waals surface area contributed by atoms with E-state index in [1.165, 1.54) is 12.7 Å². The van der Waals surface area contributed by atoms with Gasteiger partial charge in [-0.05, 0) is 0 Å². The maximum atomic E-state index is 5.47. The van der Waals surface area contributed by atoms with Crippen LogP contribution in [0.4, 0.5) is 5.82 Å². The highest BCUT2D eigenvalue weighted by Crippen LogP contribution is 2.09. The summed E-state index contributed by atoms with van der Waals surface area (Å²) in [5.74, 6) is 0.409. The smallest absolute Gasteiger partial charge is 0.162 e. The largest absolute Gasteiger partial charge is 0.382 e. The predicted octanol–water partition coefficient (Wildman–Crippen LogP) is 1.54. The molecule has 0 unspecified atom stereocenters. The van der Waals surface area contributed by atoms with Crippen LogP contribution in [0.2, 0.25) is 0 Å². The third-order valence-electron chi connectivity index (χ3n) is 1.35. The standard InChI is InChI=1S/C5H5N5.C3H5I/c6-4-3-5(9-1-7-3)10-2-8-4;1-2-3-4/h1-2H,(H3,6,7,8,9,10);2H,1,3H2. The third-order valence-corrected chi connectivity index (χ3v) is 1.98. The quantitative estimate of drug-likeness (QED) is 0.476. The van der Waals surface area contributed by atoms with Gasteiger partial charge in [-0.15, -0.1) is 6.58 Å². The number of halogens is 1. The number of rotatable bonds is 1. The minimum absolute atomic E-state index is 0.409. The summed E-state index contributed by atoms with van der Waals surface area (Å²) in [6.07, 6.45) is 4.80. The minimum Gasteiger partial charge on any atom is -0.382 e. The number of nitrogen functional groups attached to an aromatic ring is 1. The molecule has 2 aromatic heterocycles. The molecule has 0 spiro atoms. The van der Waals surface area contributed by atoms with E-state index in [0.717, 1.165) is 4.43 Å². The number of alkyl halides is 1. The number of nitrogens with one attached hydrogen (secondary N) is 1. The molecule has 0 fully saturated rings. The fraction of sp³-hybridized carbons (Fsp3) is 0.125. The fourth-order valence-electron chi connectivity index (χ4n) is 0.783. The molecular weight excluding hydrogens is 293 g/mol. The molecule has 2 aromatic rings. The van der Waals surface area contributed by atoms with Crippen molar-refractivity contribution in [1.82, 2.24) is 19.9 Å². The molecule has 3 N–H and O–H groups in total. The summed E-state index contributed by atoms with van der Waals surface area (Å²) in [6, 6.07) is 0. The van der Waals surface area contributed by atoms with Crippen molar-refractivity contribution in [2.24, 2.45) is 0 Å². The number of nitrogens with zero attached hydrogens (tertiary/aromatic N) is 3. The SMILES string of the molecule is C=CCI.Nc1ncnc2[nH]cnc12. The van der Waals surface area contributed by atoms with Gasteiger partial charge >= 0.3 is 0 Å². The van der Waals surface area contributed by atoms with Gasteiger partial charge in [0.05, 0.1) is 6.33 Å². The van der Waals surface area contributed by atoms with Crippen LogP contribution < -0.4 is 5.73 Å². The molecule has 0 radical (unpaired) electrons. The first-order chi connectivity index (χ1) is 6.79. The molecule has 0 aliphatic carbocycles. The first kappa shape index (κ1) is 10.9. The Morgan fingerprint density at radius 1 is 1.50 bits per heavy atom. The van der Waals surface area contributed by atoms with Crippen LogP contribution in [0.15, 0.2) is 25.3 Å². The molecule has 0 saturated carbocycles. The van der Waals surface area contributed by atoms with Gasteiger partial charge in [-0.25, -0.2) is 15.0 Å². The monoisotopic (exact) mass is 303 g/mol. The van der Waals surface area contributed by atoms with Crippen LogP contribution >= 0.6 is 22.6 Å². The number of aromatic nitrogens is 4. The van der Waals surface area contributed by atoms with E-state index in [1.807, 2.05) is 6.08 Å². The number of hydrogen-bond acceptors (Lipinski definition) is 4. The van der Waals surface area contributed by atoms with Crippen LogP contribution in [0.3, 0.4) is 0 Å². The van der Waals surface area contributed by atoms with Crippen molar-refractivity contribution in [3.05, 3.63) is 25.3 Å². The highest BCUT2D eigenvalue weighted by molar-refractivity contribution is 14.1. The molecule has 14 heavy (non-hydrogen) atoms. The summed E-state index contributed by atoms with van der Waals surface area (Å²) in [7, 11) is 0. The summed E-state index contributed by atoms with van der Waals surface area (Å²) >= 11 is 2.23. The Morgan fingerprint density at radius 2 is 2.21 bits per heavy atom. The Balaban J connectivity index is 0.000000213. The average molecular weight is 303 g/mol. The van der Waals surface area contributed by atoms with Gasteiger partial charge in [0, 0.05) is 4.43 Å². The van der Waals surface area contributed by atoms with Gasteiger partial charge in [0.2, 0.25) is 0 Å². The second-order valence-corrected chi connectivity index (χ2v) is 3.18. The van der Waals surface area contributed by atoms with Crippen molar-refractivity contribution < 1.29 is 0 Å². The van der Waals surface area contributed by atoms with Gasteiger partial charge in [-0.1, -0.05) is 28.7 Å². The molecule has 2 heterocycles.